The number of amides is 1. The van der Waals surface area contributed by atoms with Gasteiger partial charge in [0, 0.05) is 13.0 Å². The second kappa shape index (κ2) is 10.1. The number of aromatic amines is 1. The van der Waals surface area contributed by atoms with Crippen molar-refractivity contribution in [1.29, 1.82) is 0 Å². The van der Waals surface area contributed by atoms with Crippen molar-refractivity contribution >= 4 is 16.8 Å². The van der Waals surface area contributed by atoms with Gasteiger partial charge in [-0.15, -0.1) is 0 Å². The molecule has 4 aromatic rings. The highest BCUT2D eigenvalue weighted by molar-refractivity contribution is 5.82. The third-order valence-corrected chi connectivity index (χ3v) is 5.64. The maximum atomic E-state index is 13.4. The van der Waals surface area contributed by atoms with E-state index in [1.807, 2.05) is 36.4 Å². The largest absolute Gasteiger partial charge is 0.493 e. The van der Waals surface area contributed by atoms with Crippen LogP contribution >= 0.6 is 0 Å². The molecule has 0 unspecified atom stereocenters. The molecule has 0 aliphatic carbocycles. The molecule has 8 nitrogen and oxygen atoms in total. The molecule has 0 aliphatic heterocycles. The lowest BCUT2D eigenvalue weighted by atomic mass is 10.0. The average Bonchev–Trinajstić information content (AvgIpc) is 2.87. The Morgan fingerprint density at radius 3 is 2.35 bits per heavy atom. The van der Waals surface area contributed by atoms with Crippen LogP contribution in [-0.2, 0) is 17.8 Å². The molecule has 1 atom stereocenters. The molecule has 174 valence electrons. The van der Waals surface area contributed by atoms with Crippen LogP contribution in [0.25, 0.3) is 10.9 Å². The molecular weight excluding hydrogens is 434 g/mol. The van der Waals surface area contributed by atoms with Crippen molar-refractivity contribution in [3.8, 4) is 11.5 Å². The van der Waals surface area contributed by atoms with E-state index in [9.17, 15) is 14.4 Å². The molecule has 0 aliphatic rings. The molecule has 0 radical (unpaired) electrons. The zero-order valence-electron chi connectivity index (χ0n) is 18.9. The summed E-state index contributed by atoms with van der Waals surface area (Å²) in [4.78, 5) is 42.2. The Morgan fingerprint density at radius 1 is 0.912 bits per heavy atom. The number of rotatable bonds is 8. The Morgan fingerprint density at radius 2 is 1.62 bits per heavy atom. The summed E-state index contributed by atoms with van der Waals surface area (Å²) < 4.78 is 11.6. The van der Waals surface area contributed by atoms with Gasteiger partial charge in [0.2, 0.25) is 5.91 Å². The highest BCUT2D eigenvalue weighted by Crippen LogP contribution is 2.27. The predicted octanol–water partition coefficient (Wildman–Crippen LogP) is 2.81. The number of H-pyrrole nitrogens is 1. The van der Waals surface area contributed by atoms with Crippen LogP contribution in [0.3, 0.4) is 0 Å². The number of benzene rings is 3. The van der Waals surface area contributed by atoms with E-state index in [2.05, 4.69) is 10.3 Å². The minimum atomic E-state index is -1.04. The molecule has 8 heteroatoms. The second-order valence-corrected chi connectivity index (χ2v) is 7.76. The zero-order chi connectivity index (χ0) is 24.1. The smallest absolute Gasteiger partial charge is 0.329 e. The van der Waals surface area contributed by atoms with E-state index in [-0.39, 0.29) is 13.0 Å². The fraction of sp³-hybridized carbons (Fsp3) is 0.192. The molecule has 0 spiro atoms. The minimum Gasteiger partial charge on any atom is -0.493 e. The molecule has 3 aromatic carbocycles. The van der Waals surface area contributed by atoms with Crippen molar-refractivity contribution in [3.05, 3.63) is 105 Å². The Hall–Kier alpha value is -4.33. The van der Waals surface area contributed by atoms with Gasteiger partial charge in [-0.05, 0) is 35.4 Å². The highest BCUT2D eigenvalue weighted by Gasteiger charge is 2.25. The van der Waals surface area contributed by atoms with Crippen LogP contribution in [0.2, 0.25) is 0 Å². The first-order valence-electron chi connectivity index (χ1n) is 10.8. The van der Waals surface area contributed by atoms with E-state index in [0.29, 0.717) is 22.4 Å². The molecule has 0 saturated heterocycles. The quantitative estimate of drug-likeness (QED) is 0.422. The van der Waals surface area contributed by atoms with Gasteiger partial charge < -0.3 is 19.8 Å². The number of nitrogens with zero attached hydrogens (tertiary/aromatic N) is 1. The van der Waals surface area contributed by atoms with E-state index in [1.165, 1.54) is 7.11 Å². The summed E-state index contributed by atoms with van der Waals surface area (Å²) in [7, 11) is 3.08. The Bertz CT molecular complexity index is 1430. The number of methoxy groups -OCH3 is 2. The van der Waals surface area contributed by atoms with Crippen molar-refractivity contribution in [2.75, 3.05) is 14.2 Å². The molecular formula is C26H25N3O5. The Labute approximate surface area is 195 Å². The van der Waals surface area contributed by atoms with Gasteiger partial charge in [0.1, 0.15) is 6.04 Å². The minimum absolute atomic E-state index is 0.180. The van der Waals surface area contributed by atoms with Gasteiger partial charge in [0.05, 0.1) is 25.1 Å². The lowest BCUT2D eigenvalue weighted by Gasteiger charge is -2.19. The molecule has 1 amide bonds. The van der Waals surface area contributed by atoms with Gasteiger partial charge in [0.25, 0.3) is 5.56 Å². The van der Waals surface area contributed by atoms with Crippen LogP contribution in [0, 0.1) is 0 Å². The molecule has 1 heterocycles. The van der Waals surface area contributed by atoms with E-state index in [4.69, 9.17) is 9.47 Å². The van der Waals surface area contributed by atoms with Crippen molar-refractivity contribution < 1.29 is 14.3 Å². The van der Waals surface area contributed by atoms with E-state index in [0.717, 1.165) is 15.7 Å². The maximum absolute atomic E-state index is 13.4. The molecule has 1 aromatic heterocycles. The number of aromatic nitrogens is 2. The Kier molecular flexibility index (Phi) is 6.77. The normalized spacial score (nSPS) is 11.7. The summed E-state index contributed by atoms with van der Waals surface area (Å²) in [5, 5.41) is 3.20. The summed E-state index contributed by atoms with van der Waals surface area (Å²) in [5.74, 6) is 0.674. The predicted molar refractivity (Wildman–Crippen MR) is 129 cm³/mol. The van der Waals surface area contributed by atoms with Crippen molar-refractivity contribution in [2.24, 2.45) is 0 Å². The standard InChI is InChI=1S/C26H25N3O5/c1-33-22-13-12-18(15-23(22)34-2)16-27-24(30)21(14-17-8-4-3-5-9-17)29-25(31)19-10-6-7-11-20(19)28-26(29)32/h3-13,15,21H,14,16H2,1-2H3,(H,27,30)(H,28,32)/t21-/m0/s1. The lowest BCUT2D eigenvalue weighted by molar-refractivity contribution is -0.124. The molecule has 34 heavy (non-hydrogen) atoms. The number of hydrogen-bond acceptors (Lipinski definition) is 5. The van der Waals surface area contributed by atoms with E-state index < -0.39 is 23.2 Å². The van der Waals surface area contributed by atoms with Crippen LogP contribution in [-0.4, -0.2) is 29.7 Å². The van der Waals surface area contributed by atoms with Gasteiger partial charge in [-0.1, -0.05) is 48.5 Å². The summed E-state index contributed by atoms with van der Waals surface area (Å²) in [6, 6.07) is 20.3. The number of carbonyl (C=O) groups is 1. The first kappa shape index (κ1) is 22.8. The third kappa shape index (κ3) is 4.71. The summed E-state index contributed by atoms with van der Waals surface area (Å²) in [5.41, 5.74) is 0.892. The number of hydrogen-bond donors (Lipinski definition) is 2. The van der Waals surface area contributed by atoms with E-state index in [1.54, 1.807) is 43.5 Å². The molecule has 4 rings (SSSR count). The third-order valence-electron chi connectivity index (χ3n) is 5.64. The number of nitrogens with one attached hydrogen (secondary N) is 2. The summed E-state index contributed by atoms with van der Waals surface area (Å²) >= 11 is 0. The Balaban J connectivity index is 1.68. The van der Waals surface area contributed by atoms with Crippen LogP contribution in [0.4, 0.5) is 0 Å². The first-order chi connectivity index (χ1) is 16.5. The number of fused-ring (bicyclic) bond motifs is 1. The summed E-state index contributed by atoms with van der Waals surface area (Å²) in [6.07, 6.45) is 0.180. The second-order valence-electron chi connectivity index (χ2n) is 7.76. The van der Waals surface area contributed by atoms with Gasteiger partial charge in [-0.3, -0.25) is 9.59 Å². The van der Waals surface area contributed by atoms with Crippen molar-refractivity contribution in [1.82, 2.24) is 14.9 Å². The van der Waals surface area contributed by atoms with Gasteiger partial charge in [-0.25, -0.2) is 9.36 Å². The monoisotopic (exact) mass is 459 g/mol. The summed E-state index contributed by atoms with van der Waals surface area (Å²) in [6.45, 7) is 0.185. The zero-order valence-corrected chi connectivity index (χ0v) is 18.9. The molecule has 0 bridgehead atoms. The number of ether oxygens (including phenoxy) is 2. The topological polar surface area (TPSA) is 102 Å². The fourth-order valence-corrected chi connectivity index (χ4v) is 3.90. The van der Waals surface area contributed by atoms with Crippen LogP contribution in [0.15, 0.2) is 82.4 Å². The van der Waals surface area contributed by atoms with Crippen molar-refractivity contribution in [3.63, 3.8) is 0 Å². The number of carbonyl (C=O) groups excluding carboxylic acids is 1. The van der Waals surface area contributed by atoms with Gasteiger partial charge in [0.15, 0.2) is 11.5 Å². The van der Waals surface area contributed by atoms with Gasteiger partial charge in [-0.2, -0.15) is 0 Å². The highest BCUT2D eigenvalue weighted by atomic mass is 16.5. The van der Waals surface area contributed by atoms with E-state index >= 15 is 0 Å². The first-order valence-corrected chi connectivity index (χ1v) is 10.8. The van der Waals surface area contributed by atoms with Crippen molar-refractivity contribution in [2.45, 2.75) is 19.0 Å². The average molecular weight is 460 g/mol. The molecule has 2 N–H and O–H groups in total. The van der Waals surface area contributed by atoms with Crippen LogP contribution in [0.5, 0.6) is 11.5 Å². The maximum Gasteiger partial charge on any atom is 0.329 e. The van der Waals surface area contributed by atoms with Crippen LogP contribution in [0.1, 0.15) is 17.2 Å². The molecule has 0 saturated carbocycles. The fourth-order valence-electron chi connectivity index (χ4n) is 3.90. The van der Waals surface area contributed by atoms with Crippen LogP contribution < -0.4 is 26.0 Å². The SMILES string of the molecule is COc1ccc(CNC(=O)[C@H](Cc2ccccc2)n2c(=O)[nH]c3ccccc3c2=O)cc1OC. The van der Waals surface area contributed by atoms with Gasteiger partial charge >= 0.3 is 5.69 Å². The lowest BCUT2D eigenvalue weighted by Crippen LogP contribution is -2.45. The molecule has 0 fully saturated rings. The number of para-hydroxylation sites is 1.